The molecule has 100 valence electrons. The van der Waals surface area contributed by atoms with Crippen LogP contribution in [0.4, 0.5) is 15.8 Å². The number of amidine groups is 1. The molecule has 3 rings (SSSR count). The summed E-state index contributed by atoms with van der Waals surface area (Å²) in [5.41, 5.74) is 2.92. The molecule has 1 atom stereocenters. The first-order chi connectivity index (χ1) is 9.03. The molecule has 2 aliphatic rings. The molecule has 0 bridgehead atoms. The van der Waals surface area contributed by atoms with Gasteiger partial charge in [0.1, 0.15) is 11.4 Å². The van der Waals surface area contributed by atoms with Crippen molar-refractivity contribution in [3.05, 3.63) is 35.9 Å². The summed E-state index contributed by atoms with van der Waals surface area (Å²) < 4.78 is 13.6. The summed E-state index contributed by atoms with van der Waals surface area (Å²) in [6.45, 7) is 6.41. The maximum Gasteiger partial charge on any atom is 0.211 e. The van der Waals surface area contributed by atoms with Crippen molar-refractivity contribution in [2.24, 2.45) is 4.99 Å². The Bertz CT molecular complexity index is 587. The number of benzene rings is 1. The van der Waals surface area contributed by atoms with Crippen molar-refractivity contribution >= 4 is 17.2 Å². The SMILES string of the molecule is CCCC1=NC=C2[NH+]1c1cc(F)ccc1NC2(C)C. The fourth-order valence-corrected chi connectivity index (χ4v) is 2.86. The second-order valence-corrected chi connectivity index (χ2v) is 5.68. The standard InChI is InChI=1S/C15H18FN3/c1-4-5-14-17-9-13-15(2,3)18-11-7-6-10(16)8-12(11)19(13)14/h6-9,18H,4-5H2,1-3H3/p+1. The number of anilines is 1. The first kappa shape index (κ1) is 12.4. The average molecular weight is 260 g/mol. The Balaban J connectivity index is 2.13. The van der Waals surface area contributed by atoms with Gasteiger partial charge in [-0.05, 0) is 32.4 Å². The van der Waals surface area contributed by atoms with Crippen LogP contribution in [0.2, 0.25) is 0 Å². The van der Waals surface area contributed by atoms with E-state index in [1.54, 1.807) is 6.07 Å². The van der Waals surface area contributed by atoms with Crippen LogP contribution in [0, 0.1) is 5.82 Å². The zero-order valence-corrected chi connectivity index (χ0v) is 11.5. The number of hydrogen-bond donors (Lipinski definition) is 2. The molecule has 0 saturated carbocycles. The summed E-state index contributed by atoms with van der Waals surface area (Å²) in [5, 5.41) is 3.47. The Hall–Kier alpha value is -1.68. The van der Waals surface area contributed by atoms with Crippen molar-refractivity contribution in [2.45, 2.75) is 39.2 Å². The molecule has 3 nitrogen and oxygen atoms in total. The van der Waals surface area contributed by atoms with Crippen LogP contribution < -0.4 is 10.2 Å². The molecular formula is C15H19FN3+. The molecule has 1 aromatic rings. The highest BCUT2D eigenvalue weighted by atomic mass is 19.1. The fourth-order valence-electron chi connectivity index (χ4n) is 2.86. The summed E-state index contributed by atoms with van der Waals surface area (Å²) in [7, 11) is 0. The van der Waals surface area contributed by atoms with Crippen molar-refractivity contribution < 1.29 is 9.29 Å². The van der Waals surface area contributed by atoms with Crippen LogP contribution in [-0.2, 0) is 0 Å². The van der Waals surface area contributed by atoms with E-state index < -0.39 is 0 Å². The quantitative estimate of drug-likeness (QED) is 0.841. The number of nitrogens with one attached hydrogen (secondary N) is 2. The van der Waals surface area contributed by atoms with Gasteiger partial charge in [-0.25, -0.2) is 14.3 Å². The van der Waals surface area contributed by atoms with E-state index in [0.717, 1.165) is 40.6 Å². The predicted octanol–water partition coefficient (Wildman–Crippen LogP) is 2.60. The zero-order valence-electron chi connectivity index (χ0n) is 11.5. The Morgan fingerprint density at radius 3 is 2.89 bits per heavy atom. The number of quaternary nitrogens is 1. The van der Waals surface area contributed by atoms with Crippen LogP contribution in [-0.4, -0.2) is 11.4 Å². The molecule has 19 heavy (non-hydrogen) atoms. The number of rotatable bonds is 2. The maximum atomic E-state index is 13.6. The van der Waals surface area contributed by atoms with Crippen molar-refractivity contribution in [1.29, 1.82) is 0 Å². The van der Waals surface area contributed by atoms with E-state index in [2.05, 4.69) is 31.1 Å². The van der Waals surface area contributed by atoms with E-state index in [9.17, 15) is 4.39 Å². The Morgan fingerprint density at radius 1 is 1.37 bits per heavy atom. The molecular weight excluding hydrogens is 241 g/mol. The van der Waals surface area contributed by atoms with Crippen LogP contribution in [0.25, 0.3) is 0 Å². The van der Waals surface area contributed by atoms with E-state index >= 15 is 0 Å². The second-order valence-electron chi connectivity index (χ2n) is 5.68. The fraction of sp³-hybridized carbons (Fsp3) is 0.400. The van der Waals surface area contributed by atoms with Gasteiger partial charge in [-0.15, -0.1) is 0 Å². The van der Waals surface area contributed by atoms with Crippen LogP contribution in [0.3, 0.4) is 0 Å². The summed E-state index contributed by atoms with van der Waals surface area (Å²) in [6.07, 6.45) is 3.91. The van der Waals surface area contributed by atoms with Gasteiger partial charge in [0.05, 0.1) is 11.9 Å². The molecule has 0 amide bonds. The summed E-state index contributed by atoms with van der Waals surface area (Å²) in [6, 6.07) is 4.93. The van der Waals surface area contributed by atoms with Crippen LogP contribution in [0.15, 0.2) is 35.1 Å². The number of hydrogen-bond acceptors (Lipinski definition) is 2. The normalized spacial score (nSPS) is 23.1. The number of nitrogens with zero attached hydrogens (tertiary/aromatic N) is 1. The highest BCUT2D eigenvalue weighted by Crippen LogP contribution is 2.32. The van der Waals surface area contributed by atoms with Crippen LogP contribution in [0.1, 0.15) is 33.6 Å². The third-order valence-corrected chi connectivity index (χ3v) is 3.77. The molecule has 0 radical (unpaired) electrons. The Labute approximate surface area is 112 Å². The van der Waals surface area contributed by atoms with Gasteiger partial charge in [0.15, 0.2) is 11.4 Å². The molecule has 1 unspecified atom stereocenters. The molecule has 0 aromatic heterocycles. The summed E-state index contributed by atoms with van der Waals surface area (Å²) in [4.78, 5) is 5.67. The van der Waals surface area contributed by atoms with E-state index in [4.69, 9.17) is 0 Å². The number of fused-ring (bicyclic) bond motifs is 3. The smallest absolute Gasteiger partial charge is 0.211 e. The van der Waals surface area contributed by atoms with E-state index in [1.807, 2.05) is 12.3 Å². The van der Waals surface area contributed by atoms with Gasteiger partial charge in [-0.1, -0.05) is 6.92 Å². The molecule has 4 heteroatoms. The van der Waals surface area contributed by atoms with Gasteiger partial charge in [-0.3, -0.25) is 0 Å². The molecule has 1 aromatic carbocycles. The number of halogens is 1. The lowest BCUT2D eigenvalue weighted by molar-refractivity contribution is -0.689. The lowest BCUT2D eigenvalue weighted by atomic mass is 9.95. The predicted molar refractivity (Wildman–Crippen MR) is 75.2 cm³/mol. The first-order valence-corrected chi connectivity index (χ1v) is 6.76. The summed E-state index contributed by atoms with van der Waals surface area (Å²) in [5.74, 6) is 0.883. The monoisotopic (exact) mass is 260 g/mol. The minimum atomic E-state index is -0.199. The zero-order chi connectivity index (χ0) is 13.6. The van der Waals surface area contributed by atoms with Gasteiger partial charge in [0.25, 0.3) is 0 Å². The molecule has 0 fully saturated rings. The van der Waals surface area contributed by atoms with Gasteiger partial charge in [0, 0.05) is 12.5 Å². The third-order valence-electron chi connectivity index (χ3n) is 3.77. The number of aliphatic imine (C=N–C) groups is 1. The maximum absolute atomic E-state index is 13.6. The van der Waals surface area contributed by atoms with Crippen LogP contribution in [0.5, 0.6) is 0 Å². The third kappa shape index (κ3) is 1.87. The van der Waals surface area contributed by atoms with Crippen LogP contribution >= 0.6 is 0 Å². The Kier molecular flexibility index (Phi) is 2.71. The van der Waals surface area contributed by atoms with E-state index in [1.165, 1.54) is 6.07 Å². The van der Waals surface area contributed by atoms with Gasteiger partial charge < -0.3 is 5.32 Å². The van der Waals surface area contributed by atoms with Crippen molar-refractivity contribution in [1.82, 2.24) is 0 Å². The topological polar surface area (TPSA) is 28.8 Å². The lowest BCUT2D eigenvalue weighted by Gasteiger charge is -2.37. The lowest BCUT2D eigenvalue weighted by Crippen LogP contribution is -3.10. The molecule has 0 aliphatic carbocycles. The Morgan fingerprint density at radius 2 is 2.16 bits per heavy atom. The van der Waals surface area contributed by atoms with Gasteiger partial charge in [-0.2, -0.15) is 0 Å². The summed E-state index contributed by atoms with van der Waals surface area (Å²) >= 11 is 0. The van der Waals surface area contributed by atoms with Gasteiger partial charge in [0.2, 0.25) is 5.84 Å². The van der Waals surface area contributed by atoms with Gasteiger partial charge >= 0.3 is 0 Å². The van der Waals surface area contributed by atoms with Crippen molar-refractivity contribution in [2.75, 3.05) is 5.32 Å². The minimum absolute atomic E-state index is 0.168. The molecule has 0 saturated heterocycles. The molecule has 2 heterocycles. The highest BCUT2D eigenvalue weighted by Gasteiger charge is 2.44. The highest BCUT2D eigenvalue weighted by molar-refractivity contribution is 5.83. The molecule has 2 aliphatic heterocycles. The van der Waals surface area contributed by atoms with E-state index in [0.29, 0.717) is 0 Å². The first-order valence-electron chi connectivity index (χ1n) is 6.76. The van der Waals surface area contributed by atoms with E-state index in [-0.39, 0.29) is 11.4 Å². The van der Waals surface area contributed by atoms with Crippen molar-refractivity contribution in [3.8, 4) is 0 Å². The second kappa shape index (κ2) is 4.17. The molecule has 2 N–H and O–H groups in total. The minimum Gasteiger partial charge on any atom is -0.366 e. The molecule has 0 spiro atoms. The van der Waals surface area contributed by atoms with Crippen molar-refractivity contribution in [3.63, 3.8) is 0 Å². The average Bonchev–Trinajstić information content (AvgIpc) is 2.76. The largest absolute Gasteiger partial charge is 0.366 e.